The third kappa shape index (κ3) is 1.52. The summed E-state index contributed by atoms with van der Waals surface area (Å²) in [6, 6.07) is 32.8. The maximum absolute atomic E-state index is 6.48. The Morgan fingerprint density at radius 2 is 0.885 bits per heavy atom. The van der Waals surface area contributed by atoms with Gasteiger partial charge in [0.25, 0.3) is 0 Å². The summed E-state index contributed by atoms with van der Waals surface area (Å²) in [6.45, 7) is 0. The Labute approximate surface area is 157 Å². The van der Waals surface area contributed by atoms with E-state index >= 15 is 0 Å². The van der Waals surface area contributed by atoms with Crippen LogP contribution in [0.1, 0.15) is 22.3 Å². The van der Waals surface area contributed by atoms with Crippen molar-refractivity contribution in [1.29, 1.82) is 0 Å². The topological polar surface area (TPSA) is 0 Å². The third-order valence-electron chi connectivity index (χ3n) is 5.96. The van der Waals surface area contributed by atoms with E-state index in [2.05, 4.69) is 84.9 Å². The molecule has 0 aliphatic heterocycles. The van der Waals surface area contributed by atoms with Crippen molar-refractivity contribution in [2.45, 2.75) is 5.41 Å². The predicted molar refractivity (Wildman–Crippen MR) is 108 cm³/mol. The van der Waals surface area contributed by atoms with Crippen molar-refractivity contribution >= 4 is 11.6 Å². The number of hydrogen-bond donors (Lipinski definition) is 0. The van der Waals surface area contributed by atoms with Crippen molar-refractivity contribution in [3.8, 4) is 22.3 Å². The molecule has 1 heteroatoms. The number of fused-ring (bicyclic) bond motifs is 10. The molecule has 4 aromatic rings. The number of benzene rings is 4. The summed E-state index contributed by atoms with van der Waals surface area (Å²) in [5.74, 6) is 0. The Morgan fingerprint density at radius 3 is 1.38 bits per heavy atom. The Balaban J connectivity index is 1.88. The van der Waals surface area contributed by atoms with Crippen LogP contribution in [0.5, 0.6) is 0 Å². The monoisotopic (exact) mass is 350 g/mol. The minimum atomic E-state index is -0.274. The van der Waals surface area contributed by atoms with Gasteiger partial charge in [0.1, 0.15) is 0 Å². The molecule has 4 aromatic carbocycles. The van der Waals surface area contributed by atoms with Crippen molar-refractivity contribution in [1.82, 2.24) is 0 Å². The smallest absolute Gasteiger partial charge is 0.0726 e. The van der Waals surface area contributed by atoms with E-state index in [1.807, 2.05) is 6.07 Å². The lowest BCUT2D eigenvalue weighted by atomic mass is 9.70. The highest BCUT2D eigenvalue weighted by Gasteiger charge is 2.51. The van der Waals surface area contributed by atoms with E-state index < -0.39 is 0 Å². The standard InChI is InChI=1S/C25H15Cl/c26-16-13-14-20-19-9-3-6-12-23(19)25(24(20)15-16)21-10-4-1-7-17(21)18-8-2-5-11-22(18)25/h1-15H. The molecule has 2 aliphatic rings. The number of rotatable bonds is 0. The van der Waals surface area contributed by atoms with Crippen LogP contribution in [0.15, 0.2) is 91.0 Å². The van der Waals surface area contributed by atoms with E-state index in [1.54, 1.807) is 0 Å². The third-order valence-corrected chi connectivity index (χ3v) is 6.19. The summed E-state index contributed by atoms with van der Waals surface area (Å²) in [7, 11) is 0. The molecule has 6 rings (SSSR count). The van der Waals surface area contributed by atoms with Crippen LogP contribution in [0.2, 0.25) is 5.02 Å². The van der Waals surface area contributed by atoms with Crippen molar-refractivity contribution in [2.75, 3.05) is 0 Å². The summed E-state index contributed by atoms with van der Waals surface area (Å²) in [4.78, 5) is 0. The second-order valence-electron chi connectivity index (χ2n) is 7.08. The van der Waals surface area contributed by atoms with Gasteiger partial charge in [-0.05, 0) is 56.6 Å². The molecule has 2 aliphatic carbocycles. The van der Waals surface area contributed by atoms with Gasteiger partial charge in [-0.25, -0.2) is 0 Å². The zero-order valence-electron chi connectivity index (χ0n) is 14.0. The van der Waals surface area contributed by atoms with Crippen LogP contribution in [-0.2, 0) is 5.41 Å². The average molecular weight is 351 g/mol. The van der Waals surface area contributed by atoms with Gasteiger partial charge in [-0.2, -0.15) is 0 Å². The van der Waals surface area contributed by atoms with E-state index in [1.165, 1.54) is 44.5 Å². The van der Waals surface area contributed by atoms with Gasteiger partial charge in [0.05, 0.1) is 5.41 Å². The summed E-state index contributed by atoms with van der Waals surface area (Å²) < 4.78 is 0. The quantitative estimate of drug-likeness (QED) is 0.286. The molecule has 26 heavy (non-hydrogen) atoms. The maximum Gasteiger partial charge on any atom is 0.0726 e. The molecule has 0 amide bonds. The van der Waals surface area contributed by atoms with Crippen LogP contribution in [-0.4, -0.2) is 0 Å². The highest BCUT2D eigenvalue weighted by atomic mass is 35.5. The molecule has 0 saturated heterocycles. The van der Waals surface area contributed by atoms with Gasteiger partial charge in [0.2, 0.25) is 0 Å². The van der Waals surface area contributed by atoms with E-state index in [0.717, 1.165) is 5.02 Å². The zero-order chi connectivity index (χ0) is 17.3. The van der Waals surface area contributed by atoms with Crippen LogP contribution >= 0.6 is 11.6 Å². The molecule has 0 N–H and O–H groups in total. The molecule has 0 aromatic heterocycles. The van der Waals surface area contributed by atoms with E-state index in [9.17, 15) is 0 Å². The van der Waals surface area contributed by atoms with Crippen molar-refractivity contribution in [3.05, 3.63) is 118 Å². The largest absolute Gasteiger partial charge is 0.0843 e. The van der Waals surface area contributed by atoms with Gasteiger partial charge in [0.15, 0.2) is 0 Å². The summed E-state index contributed by atoms with van der Waals surface area (Å²) in [5, 5.41) is 0.790. The molecule has 0 fully saturated rings. The average Bonchev–Trinajstić information content (AvgIpc) is 3.15. The lowest BCUT2D eigenvalue weighted by Crippen LogP contribution is -2.25. The van der Waals surface area contributed by atoms with Gasteiger partial charge in [0, 0.05) is 5.02 Å². The normalized spacial score (nSPS) is 14.7. The van der Waals surface area contributed by atoms with Crippen LogP contribution < -0.4 is 0 Å². The second kappa shape index (κ2) is 4.87. The molecule has 0 unspecified atom stereocenters. The zero-order valence-corrected chi connectivity index (χ0v) is 14.8. The summed E-state index contributed by atoms with van der Waals surface area (Å²) in [5.41, 5.74) is 10.3. The van der Waals surface area contributed by atoms with E-state index in [0.29, 0.717) is 0 Å². The second-order valence-corrected chi connectivity index (χ2v) is 7.51. The minimum absolute atomic E-state index is 0.274. The molecule has 0 bridgehead atoms. The number of hydrogen-bond acceptors (Lipinski definition) is 0. The molecule has 0 atom stereocenters. The fourth-order valence-corrected chi connectivity index (χ4v) is 5.24. The van der Waals surface area contributed by atoms with Gasteiger partial charge in [-0.1, -0.05) is 90.5 Å². The first kappa shape index (κ1) is 14.4. The van der Waals surface area contributed by atoms with Crippen molar-refractivity contribution in [2.24, 2.45) is 0 Å². The van der Waals surface area contributed by atoms with Crippen molar-refractivity contribution < 1.29 is 0 Å². The molecule has 1 spiro atoms. The molecule has 122 valence electrons. The minimum Gasteiger partial charge on any atom is -0.0843 e. The van der Waals surface area contributed by atoms with Crippen LogP contribution in [0.4, 0.5) is 0 Å². The maximum atomic E-state index is 6.48. The van der Waals surface area contributed by atoms with E-state index in [-0.39, 0.29) is 5.41 Å². The fourth-order valence-electron chi connectivity index (χ4n) is 5.07. The number of halogens is 1. The first-order valence-corrected chi connectivity index (χ1v) is 9.29. The molecule has 0 heterocycles. The molecule has 0 nitrogen and oxygen atoms in total. The first-order valence-electron chi connectivity index (χ1n) is 8.91. The Hall–Kier alpha value is -2.83. The van der Waals surface area contributed by atoms with Crippen molar-refractivity contribution in [3.63, 3.8) is 0 Å². The summed E-state index contributed by atoms with van der Waals surface area (Å²) in [6.07, 6.45) is 0. The Bertz CT molecular complexity index is 1140. The highest BCUT2D eigenvalue weighted by molar-refractivity contribution is 6.30. The van der Waals surface area contributed by atoms with Gasteiger partial charge >= 0.3 is 0 Å². The van der Waals surface area contributed by atoms with Gasteiger partial charge in [-0.15, -0.1) is 0 Å². The van der Waals surface area contributed by atoms with Crippen LogP contribution in [0, 0.1) is 0 Å². The Morgan fingerprint density at radius 1 is 0.462 bits per heavy atom. The van der Waals surface area contributed by atoms with Gasteiger partial charge in [-0.3, -0.25) is 0 Å². The first-order chi connectivity index (χ1) is 12.8. The lowest BCUT2D eigenvalue weighted by Gasteiger charge is -2.30. The van der Waals surface area contributed by atoms with E-state index in [4.69, 9.17) is 11.6 Å². The predicted octanol–water partition coefficient (Wildman–Crippen LogP) is 6.68. The fraction of sp³-hybridized carbons (Fsp3) is 0.0400. The summed E-state index contributed by atoms with van der Waals surface area (Å²) >= 11 is 6.48. The molecular formula is C25H15Cl. The lowest BCUT2D eigenvalue weighted by molar-refractivity contribution is 0.794. The molecular weight excluding hydrogens is 336 g/mol. The highest BCUT2D eigenvalue weighted by Crippen LogP contribution is 2.62. The van der Waals surface area contributed by atoms with Crippen LogP contribution in [0.25, 0.3) is 22.3 Å². The van der Waals surface area contributed by atoms with Gasteiger partial charge < -0.3 is 0 Å². The van der Waals surface area contributed by atoms with Crippen LogP contribution in [0.3, 0.4) is 0 Å². The SMILES string of the molecule is Clc1ccc2c(c1)C1(c3ccccc3-c3ccccc31)c1ccccc1-2. The Kier molecular flexibility index (Phi) is 2.69. The molecule has 0 saturated carbocycles. The molecule has 0 radical (unpaired) electrons.